The number of anilines is 1. The van der Waals surface area contributed by atoms with E-state index in [1.54, 1.807) is 7.11 Å². The highest BCUT2D eigenvalue weighted by atomic mass is 16.5. The zero-order valence-electron chi connectivity index (χ0n) is 14.7. The Labute approximate surface area is 147 Å². The first-order chi connectivity index (χ1) is 12.1. The molecule has 1 aromatic heterocycles. The molecule has 2 aromatic rings. The molecule has 3 rings (SSSR count). The number of methoxy groups -OCH3 is 1. The standard InChI is InChI=1S/C18H24N4O3/c1-14-11-15(20-25-14)12-21-7-9-22(10-8-21)13-18(23)19-16-5-3-4-6-17(16)24-2/h3-6,11H,7-10,12-13H2,1-2H3,(H,19,23). The number of piperazine rings is 1. The number of rotatable bonds is 6. The van der Waals surface area contributed by atoms with E-state index in [1.165, 1.54) is 0 Å². The van der Waals surface area contributed by atoms with Gasteiger partial charge in [0, 0.05) is 38.8 Å². The summed E-state index contributed by atoms with van der Waals surface area (Å²) in [7, 11) is 1.60. The summed E-state index contributed by atoms with van der Waals surface area (Å²) < 4.78 is 10.4. The fourth-order valence-corrected chi connectivity index (χ4v) is 2.97. The van der Waals surface area contributed by atoms with Crippen LogP contribution in [0.25, 0.3) is 0 Å². The van der Waals surface area contributed by atoms with E-state index in [9.17, 15) is 4.79 Å². The molecule has 0 radical (unpaired) electrons. The number of benzene rings is 1. The second-order valence-electron chi connectivity index (χ2n) is 6.23. The van der Waals surface area contributed by atoms with E-state index in [0.29, 0.717) is 18.0 Å². The number of carbonyl (C=O) groups excluding carboxylic acids is 1. The number of ether oxygens (including phenoxy) is 1. The molecular formula is C18H24N4O3. The fraction of sp³-hybridized carbons (Fsp3) is 0.444. The molecule has 25 heavy (non-hydrogen) atoms. The van der Waals surface area contributed by atoms with Gasteiger partial charge in [-0.2, -0.15) is 0 Å². The number of nitrogens with one attached hydrogen (secondary N) is 1. The van der Waals surface area contributed by atoms with Gasteiger partial charge in [-0.05, 0) is 19.1 Å². The monoisotopic (exact) mass is 344 g/mol. The van der Waals surface area contributed by atoms with Gasteiger partial charge in [0.05, 0.1) is 25.0 Å². The van der Waals surface area contributed by atoms with Crippen molar-refractivity contribution in [3.05, 3.63) is 41.8 Å². The Morgan fingerprint density at radius 2 is 1.96 bits per heavy atom. The minimum absolute atomic E-state index is 0.0231. The molecule has 0 unspecified atom stereocenters. The smallest absolute Gasteiger partial charge is 0.238 e. The van der Waals surface area contributed by atoms with Gasteiger partial charge in [-0.1, -0.05) is 17.3 Å². The van der Waals surface area contributed by atoms with E-state index in [-0.39, 0.29) is 5.91 Å². The average Bonchev–Trinajstić information content (AvgIpc) is 3.02. The Morgan fingerprint density at radius 1 is 1.24 bits per heavy atom. The molecule has 1 fully saturated rings. The number of para-hydroxylation sites is 2. The van der Waals surface area contributed by atoms with Crippen LogP contribution in [0, 0.1) is 6.92 Å². The largest absolute Gasteiger partial charge is 0.495 e. The average molecular weight is 344 g/mol. The van der Waals surface area contributed by atoms with Crippen LogP contribution in [-0.2, 0) is 11.3 Å². The molecule has 1 aromatic carbocycles. The predicted octanol–water partition coefficient (Wildman–Crippen LogP) is 1.75. The summed E-state index contributed by atoms with van der Waals surface area (Å²) in [5, 5.41) is 6.96. The molecule has 0 bridgehead atoms. The maximum Gasteiger partial charge on any atom is 0.238 e. The Kier molecular flexibility index (Phi) is 5.67. The molecule has 7 nitrogen and oxygen atoms in total. The highest BCUT2D eigenvalue weighted by molar-refractivity contribution is 5.93. The third kappa shape index (κ3) is 4.80. The van der Waals surface area contributed by atoms with Crippen LogP contribution in [0.15, 0.2) is 34.9 Å². The van der Waals surface area contributed by atoms with Crippen LogP contribution in [0.3, 0.4) is 0 Å². The third-order valence-electron chi connectivity index (χ3n) is 4.28. The van der Waals surface area contributed by atoms with Crippen molar-refractivity contribution >= 4 is 11.6 Å². The number of hydrogen-bond donors (Lipinski definition) is 1. The summed E-state index contributed by atoms with van der Waals surface area (Å²) in [5.74, 6) is 1.48. The van der Waals surface area contributed by atoms with Gasteiger partial charge in [-0.3, -0.25) is 14.6 Å². The van der Waals surface area contributed by atoms with Gasteiger partial charge in [0.15, 0.2) is 0 Å². The summed E-state index contributed by atoms with van der Waals surface area (Å²) in [5.41, 5.74) is 1.66. The van der Waals surface area contributed by atoms with E-state index in [0.717, 1.165) is 44.2 Å². The maximum atomic E-state index is 12.3. The molecule has 134 valence electrons. The van der Waals surface area contributed by atoms with Gasteiger partial charge in [0.1, 0.15) is 11.5 Å². The lowest BCUT2D eigenvalue weighted by atomic mass is 10.2. The van der Waals surface area contributed by atoms with Gasteiger partial charge < -0.3 is 14.6 Å². The Bertz CT molecular complexity index is 708. The molecule has 1 aliphatic rings. The SMILES string of the molecule is COc1ccccc1NC(=O)CN1CCN(Cc2cc(C)on2)CC1. The van der Waals surface area contributed by atoms with E-state index >= 15 is 0 Å². The number of hydrogen-bond acceptors (Lipinski definition) is 6. The molecule has 2 heterocycles. The van der Waals surface area contributed by atoms with E-state index in [4.69, 9.17) is 9.26 Å². The minimum Gasteiger partial charge on any atom is -0.495 e. The molecule has 0 aliphatic carbocycles. The van der Waals surface area contributed by atoms with Crippen molar-refractivity contribution in [2.24, 2.45) is 0 Å². The second kappa shape index (κ2) is 8.13. The van der Waals surface area contributed by atoms with Crippen molar-refractivity contribution in [2.45, 2.75) is 13.5 Å². The van der Waals surface area contributed by atoms with Crippen LogP contribution in [-0.4, -0.2) is 60.7 Å². The number of aromatic nitrogens is 1. The molecule has 0 atom stereocenters. The van der Waals surface area contributed by atoms with Crippen LogP contribution in [0.4, 0.5) is 5.69 Å². The van der Waals surface area contributed by atoms with Crippen molar-refractivity contribution in [3.8, 4) is 5.75 Å². The lowest BCUT2D eigenvalue weighted by Gasteiger charge is -2.33. The summed E-state index contributed by atoms with van der Waals surface area (Å²) in [6.45, 7) is 6.61. The van der Waals surface area contributed by atoms with Crippen molar-refractivity contribution < 1.29 is 14.1 Å². The van der Waals surface area contributed by atoms with Gasteiger partial charge in [-0.25, -0.2) is 0 Å². The molecule has 1 amide bonds. The predicted molar refractivity (Wildman–Crippen MR) is 94.6 cm³/mol. The van der Waals surface area contributed by atoms with Crippen LogP contribution in [0.1, 0.15) is 11.5 Å². The lowest BCUT2D eigenvalue weighted by Crippen LogP contribution is -2.48. The van der Waals surface area contributed by atoms with E-state index < -0.39 is 0 Å². The van der Waals surface area contributed by atoms with E-state index in [1.807, 2.05) is 37.3 Å². The first-order valence-electron chi connectivity index (χ1n) is 8.44. The number of amides is 1. The molecule has 1 saturated heterocycles. The van der Waals surface area contributed by atoms with Gasteiger partial charge in [0.2, 0.25) is 5.91 Å². The zero-order chi connectivity index (χ0) is 17.6. The molecule has 1 N–H and O–H groups in total. The second-order valence-corrected chi connectivity index (χ2v) is 6.23. The topological polar surface area (TPSA) is 70.8 Å². The van der Waals surface area contributed by atoms with Crippen molar-refractivity contribution in [3.63, 3.8) is 0 Å². The summed E-state index contributed by atoms with van der Waals surface area (Å²) >= 11 is 0. The Balaban J connectivity index is 1.44. The number of nitrogens with zero attached hydrogens (tertiary/aromatic N) is 3. The van der Waals surface area contributed by atoms with Gasteiger partial charge in [0.25, 0.3) is 0 Å². The summed E-state index contributed by atoms with van der Waals surface area (Å²) in [4.78, 5) is 16.8. The van der Waals surface area contributed by atoms with Gasteiger partial charge in [-0.15, -0.1) is 0 Å². The maximum absolute atomic E-state index is 12.3. The Morgan fingerprint density at radius 3 is 2.64 bits per heavy atom. The van der Waals surface area contributed by atoms with Crippen LogP contribution in [0.2, 0.25) is 0 Å². The van der Waals surface area contributed by atoms with Crippen molar-refractivity contribution in [1.29, 1.82) is 0 Å². The lowest BCUT2D eigenvalue weighted by molar-refractivity contribution is -0.117. The number of carbonyl (C=O) groups is 1. The fourth-order valence-electron chi connectivity index (χ4n) is 2.97. The zero-order valence-corrected chi connectivity index (χ0v) is 14.7. The highest BCUT2D eigenvalue weighted by Crippen LogP contribution is 2.22. The van der Waals surface area contributed by atoms with E-state index in [2.05, 4.69) is 20.3 Å². The first-order valence-corrected chi connectivity index (χ1v) is 8.44. The van der Waals surface area contributed by atoms with Crippen LogP contribution in [0.5, 0.6) is 5.75 Å². The minimum atomic E-state index is -0.0231. The summed E-state index contributed by atoms with van der Waals surface area (Å²) in [6, 6.07) is 9.40. The van der Waals surface area contributed by atoms with Crippen LogP contribution >= 0.6 is 0 Å². The van der Waals surface area contributed by atoms with Crippen molar-refractivity contribution in [1.82, 2.24) is 15.0 Å². The molecular weight excluding hydrogens is 320 g/mol. The summed E-state index contributed by atoms with van der Waals surface area (Å²) in [6.07, 6.45) is 0. The molecule has 0 saturated carbocycles. The molecule has 7 heteroatoms. The van der Waals surface area contributed by atoms with Crippen molar-refractivity contribution in [2.75, 3.05) is 45.2 Å². The highest BCUT2D eigenvalue weighted by Gasteiger charge is 2.20. The number of aryl methyl sites for hydroxylation is 1. The first kappa shape index (κ1) is 17.4. The quantitative estimate of drug-likeness (QED) is 0.861. The molecule has 0 spiro atoms. The molecule has 1 aliphatic heterocycles. The normalized spacial score (nSPS) is 15.9. The Hall–Kier alpha value is -2.38. The van der Waals surface area contributed by atoms with Gasteiger partial charge >= 0.3 is 0 Å². The van der Waals surface area contributed by atoms with Crippen LogP contribution < -0.4 is 10.1 Å². The third-order valence-corrected chi connectivity index (χ3v) is 4.28.